The van der Waals surface area contributed by atoms with Gasteiger partial charge in [0.15, 0.2) is 0 Å². The highest BCUT2D eigenvalue weighted by atomic mass is 28.3. The fourth-order valence-corrected chi connectivity index (χ4v) is 4.80. The number of rotatable bonds is 9. The van der Waals surface area contributed by atoms with Gasteiger partial charge in [-0.25, -0.2) is 0 Å². The molecule has 0 fully saturated rings. The lowest BCUT2D eigenvalue weighted by molar-refractivity contribution is 0.0211. The van der Waals surface area contributed by atoms with E-state index in [1.807, 2.05) is 6.08 Å². The molecule has 2 heteroatoms. The first-order valence-electron chi connectivity index (χ1n) is 8.86. The third-order valence-electron chi connectivity index (χ3n) is 4.24. The van der Waals surface area contributed by atoms with Crippen molar-refractivity contribution < 1.29 is 4.74 Å². The molecule has 0 bridgehead atoms. The van der Waals surface area contributed by atoms with Crippen molar-refractivity contribution in [1.82, 2.24) is 0 Å². The Morgan fingerprint density at radius 1 is 0.958 bits per heavy atom. The molecule has 0 aliphatic heterocycles. The second-order valence-corrected chi connectivity index (χ2v) is 12.7. The Morgan fingerprint density at radius 3 is 2.08 bits per heavy atom. The van der Waals surface area contributed by atoms with E-state index in [-0.39, 0.29) is 11.8 Å². The highest BCUT2D eigenvalue weighted by Crippen LogP contribution is 2.31. The van der Waals surface area contributed by atoms with Crippen LogP contribution in [0.5, 0.6) is 0 Å². The normalized spacial score (nSPS) is 14.1. The van der Waals surface area contributed by atoms with Gasteiger partial charge in [-0.3, -0.25) is 0 Å². The Kier molecular flexibility index (Phi) is 7.01. The van der Waals surface area contributed by atoms with Crippen molar-refractivity contribution in [2.45, 2.75) is 50.7 Å². The van der Waals surface area contributed by atoms with Crippen LogP contribution in [0.1, 0.15) is 29.7 Å². The van der Waals surface area contributed by atoms with Crippen molar-refractivity contribution in [1.29, 1.82) is 0 Å². The SMILES string of the molecule is C=CC[C@@H](CCc1ccccc1)O[C@H](c1ccccc1)[Si](C)(C)C. The molecule has 2 aromatic carbocycles. The predicted octanol–water partition coefficient (Wildman–Crippen LogP) is 6.20. The summed E-state index contributed by atoms with van der Waals surface area (Å²) in [6.45, 7) is 11.1. The van der Waals surface area contributed by atoms with E-state index in [1.54, 1.807) is 0 Å². The number of hydrogen-bond acceptors (Lipinski definition) is 1. The van der Waals surface area contributed by atoms with Crippen LogP contribution < -0.4 is 0 Å². The van der Waals surface area contributed by atoms with Crippen LogP contribution in [0.15, 0.2) is 73.3 Å². The average molecular weight is 339 g/mol. The van der Waals surface area contributed by atoms with Gasteiger partial charge in [-0.15, -0.1) is 6.58 Å². The van der Waals surface area contributed by atoms with Crippen LogP contribution in [0.2, 0.25) is 19.6 Å². The zero-order valence-corrected chi connectivity index (χ0v) is 16.2. The zero-order valence-electron chi connectivity index (χ0n) is 15.2. The second kappa shape index (κ2) is 9.00. The molecule has 0 spiro atoms. The minimum absolute atomic E-state index is 0.222. The Morgan fingerprint density at radius 2 is 1.54 bits per heavy atom. The van der Waals surface area contributed by atoms with E-state index in [9.17, 15) is 0 Å². The van der Waals surface area contributed by atoms with Crippen molar-refractivity contribution in [2.24, 2.45) is 0 Å². The lowest BCUT2D eigenvalue weighted by Crippen LogP contribution is -2.35. The third-order valence-corrected chi connectivity index (χ3v) is 6.29. The summed E-state index contributed by atoms with van der Waals surface area (Å²) in [5.41, 5.74) is 2.91. The van der Waals surface area contributed by atoms with E-state index in [1.165, 1.54) is 11.1 Å². The van der Waals surface area contributed by atoms with Gasteiger partial charge in [0.1, 0.15) is 0 Å². The molecule has 128 valence electrons. The molecule has 0 aliphatic rings. The van der Waals surface area contributed by atoms with Gasteiger partial charge in [-0.2, -0.15) is 0 Å². The number of hydrogen-bond donors (Lipinski definition) is 0. The molecule has 24 heavy (non-hydrogen) atoms. The fraction of sp³-hybridized carbons (Fsp3) is 0.364. The summed E-state index contributed by atoms with van der Waals surface area (Å²) >= 11 is 0. The van der Waals surface area contributed by atoms with Crippen LogP contribution in [-0.4, -0.2) is 14.2 Å². The summed E-state index contributed by atoms with van der Waals surface area (Å²) in [6.07, 6.45) is 5.19. The van der Waals surface area contributed by atoms with Gasteiger partial charge < -0.3 is 4.74 Å². The van der Waals surface area contributed by atoms with Gasteiger partial charge in [0.05, 0.1) is 19.9 Å². The van der Waals surface area contributed by atoms with E-state index in [2.05, 4.69) is 86.9 Å². The first kappa shape index (κ1) is 18.7. The Balaban J connectivity index is 2.09. The number of benzene rings is 2. The van der Waals surface area contributed by atoms with Gasteiger partial charge in [-0.1, -0.05) is 86.4 Å². The molecule has 1 nitrogen and oxygen atoms in total. The Labute approximate surface area is 148 Å². The van der Waals surface area contributed by atoms with E-state index >= 15 is 0 Å². The van der Waals surface area contributed by atoms with Crippen LogP contribution in [0.3, 0.4) is 0 Å². The highest BCUT2D eigenvalue weighted by Gasteiger charge is 2.31. The van der Waals surface area contributed by atoms with Gasteiger partial charge in [-0.05, 0) is 30.4 Å². The maximum absolute atomic E-state index is 6.65. The molecule has 2 atom stereocenters. The minimum Gasteiger partial charge on any atom is -0.374 e. The molecule has 0 saturated heterocycles. The molecule has 2 rings (SSSR count). The third kappa shape index (κ3) is 5.77. The maximum atomic E-state index is 6.65. The minimum atomic E-state index is -1.48. The lowest BCUT2D eigenvalue weighted by Gasteiger charge is -2.33. The van der Waals surface area contributed by atoms with Crippen molar-refractivity contribution in [3.8, 4) is 0 Å². The van der Waals surface area contributed by atoms with Gasteiger partial charge >= 0.3 is 0 Å². The quantitative estimate of drug-likeness (QED) is 0.391. The summed E-state index contributed by atoms with van der Waals surface area (Å²) in [7, 11) is -1.48. The lowest BCUT2D eigenvalue weighted by atomic mass is 10.0. The highest BCUT2D eigenvalue weighted by molar-refractivity contribution is 6.77. The summed E-state index contributed by atoms with van der Waals surface area (Å²) in [6, 6.07) is 21.4. The van der Waals surface area contributed by atoms with Crippen molar-refractivity contribution in [3.63, 3.8) is 0 Å². The van der Waals surface area contributed by atoms with Gasteiger partial charge in [0, 0.05) is 0 Å². The Bertz CT molecular complexity index is 601. The summed E-state index contributed by atoms with van der Waals surface area (Å²) < 4.78 is 6.65. The van der Waals surface area contributed by atoms with Crippen LogP contribution in [0.25, 0.3) is 0 Å². The van der Waals surface area contributed by atoms with Gasteiger partial charge in [0.2, 0.25) is 0 Å². The molecule has 0 saturated carbocycles. The summed E-state index contributed by atoms with van der Waals surface area (Å²) in [5, 5.41) is 0. The first-order valence-corrected chi connectivity index (χ1v) is 12.4. The molecule has 0 aliphatic carbocycles. The van der Waals surface area contributed by atoms with Crippen LogP contribution in [-0.2, 0) is 11.2 Å². The van der Waals surface area contributed by atoms with Crippen LogP contribution >= 0.6 is 0 Å². The average Bonchev–Trinajstić information content (AvgIpc) is 2.58. The molecule has 0 amide bonds. The van der Waals surface area contributed by atoms with Crippen LogP contribution in [0.4, 0.5) is 0 Å². The zero-order chi connectivity index (χ0) is 17.4. The van der Waals surface area contributed by atoms with Crippen molar-refractivity contribution in [2.75, 3.05) is 0 Å². The molecule has 0 aromatic heterocycles. The molecular weight excluding hydrogens is 308 g/mol. The smallest absolute Gasteiger partial charge is 0.0842 e. The maximum Gasteiger partial charge on any atom is 0.0842 e. The van der Waals surface area contributed by atoms with E-state index in [4.69, 9.17) is 4.74 Å². The molecular formula is C22H30OSi. The topological polar surface area (TPSA) is 9.23 Å². The molecule has 0 heterocycles. The predicted molar refractivity (Wildman–Crippen MR) is 107 cm³/mol. The molecule has 2 aromatic rings. The molecule has 0 N–H and O–H groups in total. The van der Waals surface area contributed by atoms with E-state index in [0.717, 1.165) is 19.3 Å². The number of aryl methyl sites for hydroxylation is 1. The largest absolute Gasteiger partial charge is 0.374 e. The molecule has 0 radical (unpaired) electrons. The second-order valence-electron chi connectivity index (χ2n) is 7.46. The molecule has 0 unspecified atom stereocenters. The van der Waals surface area contributed by atoms with Crippen molar-refractivity contribution >= 4 is 8.07 Å². The van der Waals surface area contributed by atoms with E-state index < -0.39 is 8.07 Å². The standard InChI is InChI=1S/C22H30OSi/c1-5-12-21(18-17-19-13-8-6-9-14-19)23-22(24(2,3)4)20-15-10-7-11-16-20/h5-11,13-16,21-22H,1,12,17-18H2,2-4H3/t21-,22-/m0/s1. The number of ether oxygens (including phenoxy) is 1. The fourth-order valence-electron chi connectivity index (χ4n) is 3.00. The van der Waals surface area contributed by atoms with Crippen molar-refractivity contribution in [3.05, 3.63) is 84.4 Å². The Hall–Kier alpha value is -1.64. The summed E-state index contributed by atoms with van der Waals surface area (Å²) in [4.78, 5) is 0. The monoisotopic (exact) mass is 338 g/mol. The van der Waals surface area contributed by atoms with Gasteiger partial charge in [0.25, 0.3) is 0 Å². The van der Waals surface area contributed by atoms with Crippen LogP contribution in [0, 0.1) is 0 Å². The van der Waals surface area contributed by atoms with E-state index in [0.29, 0.717) is 0 Å². The summed E-state index contributed by atoms with van der Waals surface area (Å²) in [5.74, 6) is 0. The first-order chi connectivity index (χ1) is 11.5.